The Hall–Kier alpha value is -3.96. The molecule has 1 aromatic carbocycles. The summed E-state index contributed by atoms with van der Waals surface area (Å²) in [7, 11) is 1.70. The van der Waals surface area contributed by atoms with E-state index in [9.17, 15) is 14.4 Å². The van der Waals surface area contributed by atoms with Crippen molar-refractivity contribution in [2.24, 2.45) is 5.41 Å². The minimum Gasteiger partial charge on any atom is -0.493 e. The molecule has 42 heavy (non-hydrogen) atoms. The molecule has 1 aliphatic rings. The average molecular weight is 592 g/mol. The number of benzene rings is 1. The van der Waals surface area contributed by atoms with Gasteiger partial charge in [0.25, 0.3) is 5.56 Å². The maximum absolute atomic E-state index is 13.1. The second-order valence-corrected chi connectivity index (χ2v) is 12.0. The molecular weight excluding hydrogens is 554 g/mol. The van der Waals surface area contributed by atoms with Gasteiger partial charge in [0.05, 0.1) is 29.9 Å². The Morgan fingerprint density at radius 3 is 2.62 bits per heavy atom. The van der Waals surface area contributed by atoms with Crippen LogP contribution in [0.5, 0.6) is 5.75 Å². The molecule has 0 radical (unpaired) electrons. The molecule has 0 atom stereocenters. The first-order valence-electron chi connectivity index (χ1n) is 14.2. The van der Waals surface area contributed by atoms with E-state index in [0.717, 1.165) is 23.7 Å². The van der Waals surface area contributed by atoms with E-state index in [0.29, 0.717) is 60.9 Å². The van der Waals surface area contributed by atoms with Crippen LogP contribution in [0.15, 0.2) is 57.3 Å². The van der Waals surface area contributed by atoms with Crippen molar-refractivity contribution in [3.63, 3.8) is 0 Å². The lowest BCUT2D eigenvalue weighted by Crippen LogP contribution is -2.47. The number of amides is 2. The molecule has 0 bridgehead atoms. The van der Waals surface area contributed by atoms with Crippen molar-refractivity contribution in [3.05, 3.63) is 69.2 Å². The predicted octanol–water partition coefficient (Wildman–Crippen LogP) is 4.69. The van der Waals surface area contributed by atoms with Gasteiger partial charge in [0.1, 0.15) is 27.5 Å². The Morgan fingerprint density at radius 2 is 1.88 bits per heavy atom. The number of ether oxygens (including phenoxy) is 1. The lowest BCUT2D eigenvalue weighted by molar-refractivity contribution is -0.137. The molecule has 11 heteroatoms. The zero-order valence-corrected chi connectivity index (χ0v) is 25.6. The van der Waals surface area contributed by atoms with Crippen molar-refractivity contribution in [2.45, 2.75) is 47.2 Å². The lowest BCUT2D eigenvalue weighted by Gasteiger charge is -2.27. The fourth-order valence-electron chi connectivity index (χ4n) is 5.37. The van der Waals surface area contributed by atoms with Gasteiger partial charge in [-0.05, 0) is 58.4 Å². The highest BCUT2D eigenvalue weighted by Gasteiger charge is 2.45. The highest BCUT2D eigenvalue weighted by Crippen LogP contribution is 2.40. The molecule has 2 amide bonds. The van der Waals surface area contributed by atoms with E-state index in [2.05, 4.69) is 9.88 Å². The lowest BCUT2D eigenvalue weighted by atomic mass is 9.90. The third-order valence-corrected chi connectivity index (χ3v) is 8.47. The number of pyridine rings is 1. The Balaban J connectivity index is 1.24. The molecule has 3 aromatic heterocycles. The second kappa shape index (κ2) is 12.1. The summed E-state index contributed by atoms with van der Waals surface area (Å²) < 4.78 is 13.4. The van der Waals surface area contributed by atoms with E-state index in [1.807, 2.05) is 43.5 Å². The molecule has 0 spiro atoms. The number of fused-ring (bicyclic) bond motifs is 2. The summed E-state index contributed by atoms with van der Waals surface area (Å²) in [5.74, 6) is 0.897. The van der Waals surface area contributed by atoms with Crippen LogP contribution in [0.25, 0.3) is 11.0 Å². The van der Waals surface area contributed by atoms with Crippen molar-refractivity contribution in [2.75, 3.05) is 43.1 Å². The number of aromatic nitrogens is 2. The third-order valence-electron chi connectivity index (χ3n) is 7.70. The van der Waals surface area contributed by atoms with E-state index in [-0.39, 0.29) is 17.4 Å². The molecule has 10 nitrogen and oxygen atoms in total. The van der Waals surface area contributed by atoms with Gasteiger partial charge in [0, 0.05) is 57.1 Å². The van der Waals surface area contributed by atoms with Crippen molar-refractivity contribution >= 4 is 45.5 Å². The molecule has 0 aliphatic carbocycles. The Kier molecular flexibility index (Phi) is 8.51. The van der Waals surface area contributed by atoms with Crippen molar-refractivity contribution in [1.29, 1.82) is 0 Å². The van der Waals surface area contributed by atoms with E-state index >= 15 is 0 Å². The summed E-state index contributed by atoms with van der Waals surface area (Å²) in [4.78, 5) is 49.1. The summed E-state index contributed by atoms with van der Waals surface area (Å²) in [5, 5.41) is 3.57. The number of anilines is 2. The quantitative estimate of drug-likeness (QED) is 0.184. The maximum Gasteiger partial charge on any atom is 0.261 e. The molecule has 1 aliphatic heterocycles. The molecule has 0 fully saturated rings. The van der Waals surface area contributed by atoms with E-state index in [1.54, 1.807) is 65.1 Å². The topological polar surface area (TPSA) is 101 Å². The first-order valence-corrected chi connectivity index (χ1v) is 15.1. The number of rotatable bonds is 11. The van der Waals surface area contributed by atoms with Gasteiger partial charge in [-0.25, -0.2) is 4.98 Å². The standard InChI is InChI=1S/C31H37N5O5S/c1-6-36-24-9-8-22(19-25(24)33(5)29(38)31(3,4)30(36)39)40-16-7-12-34(20-27-32-11-17-42-27)14-15-35-13-10-26-23(28(35)37)18-21(2)41-26/h8-11,13,17-19H,6-7,12,14-16,20H2,1-5H3. The van der Waals surface area contributed by atoms with Crippen LogP contribution in [0, 0.1) is 12.3 Å². The van der Waals surface area contributed by atoms with E-state index in [4.69, 9.17) is 9.15 Å². The summed E-state index contributed by atoms with van der Waals surface area (Å²) in [5.41, 5.74) is 0.751. The minimum absolute atomic E-state index is 0.0553. The highest BCUT2D eigenvalue weighted by atomic mass is 32.1. The van der Waals surface area contributed by atoms with Gasteiger partial charge >= 0.3 is 0 Å². The number of furan rings is 1. The number of hydrogen-bond donors (Lipinski definition) is 0. The maximum atomic E-state index is 13.1. The normalized spacial score (nSPS) is 15.0. The Morgan fingerprint density at radius 1 is 1.07 bits per heavy atom. The summed E-state index contributed by atoms with van der Waals surface area (Å²) >= 11 is 1.61. The average Bonchev–Trinajstić information content (AvgIpc) is 3.62. The third kappa shape index (κ3) is 5.84. The van der Waals surface area contributed by atoms with Crippen LogP contribution in [0.3, 0.4) is 0 Å². The largest absolute Gasteiger partial charge is 0.493 e. The molecule has 0 unspecified atom stereocenters. The molecule has 4 heterocycles. The predicted molar refractivity (Wildman–Crippen MR) is 164 cm³/mol. The first kappa shape index (κ1) is 29.5. The second-order valence-electron chi connectivity index (χ2n) is 11.0. The van der Waals surface area contributed by atoms with E-state index < -0.39 is 5.41 Å². The van der Waals surface area contributed by atoms with Gasteiger partial charge in [-0.15, -0.1) is 11.3 Å². The van der Waals surface area contributed by atoms with E-state index in [1.165, 1.54) is 0 Å². The van der Waals surface area contributed by atoms with Gasteiger partial charge in [-0.1, -0.05) is 0 Å². The number of hydrogen-bond acceptors (Lipinski definition) is 8. The molecular formula is C31H37N5O5S. The van der Waals surface area contributed by atoms with Crippen molar-refractivity contribution < 1.29 is 18.7 Å². The van der Waals surface area contributed by atoms with Crippen LogP contribution in [0.2, 0.25) is 0 Å². The van der Waals surface area contributed by atoms with Gasteiger partial charge < -0.3 is 23.5 Å². The SMILES string of the molecule is CCN1C(=O)C(C)(C)C(=O)N(C)c2cc(OCCCN(CCn3ccc4oc(C)cc4c3=O)Cc3nccs3)ccc21. The number of aryl methyl sites for hydroxylation is 1. The number of thiazole rings is 1. The monoisotopic (exact) mass is 591 g/mol. The molecule has 0 N–H and O–H groups in total. The van der Waals surface area contributed by atoms with Crippen LogP contribution < -0.4 is 20.1 Å². The zero-order chi connectivity index (χ0) is 30.0. The summed E-state index contributed by atoms with van der Waals surface area (Å²) in [6, 6.07) is 9.15. The van der Waals surface area contributed by atoms with Gasteiger partial charge in [0.15, 0.2) is 0 Å². The fourth-order valence-corrected chi connectivity index (χ4v) is 6.03. The molecule has 222 valence electrons. The van der Waals surface area contributed by atoms with Crippen LogP contribution in [0.1, 0.15) is 38.0 Å². The van der Waals surface area contributed by atoms with Crippen LogP contribution in [0.4, 0.5) is 11.4 Å². The van der Waals surface area contributed by atoms with Crippen molar-refractivity contribution in [1.82, 2.24) is 14.5 Å². The highest BCUT2D eigenvalue weighted by molar-refractivity contribution is 7.09. The Bertz CT molecular complexity index is 1640. The van der Waals surface area contributed by atoms with Gasteiger partial charge in [-0.3, -0.25) is 19.3 Å². The smallest absolute Gasteiger partial charge is 0.261 e. The molecule has 5 rings (SSSR count). The minimum atomic E-state index is -1.15. The van der Waals surface area contributed by atoms with Crippen LogP contribution in [-0.4, -0.2) is 59.6 Å². The van der Waals surface area contributed by atoms with Crippen LogP contribution >= 0.6 is 11.3 Å². The molecule has 0 saturated carbocycles. The van der Waals surface area contributed by atoms with Gasteiger partial charge in [0.2, 0.25) is 11.8 Å². The molecule has 0 saturated heterocycles. The summed E-state index contributed by atoms with van der Waals surface area (Å²) in [6.45, 7) is 10.7. The number of carbonyl (C=O) groups excluding carboxylic acids is 2. The number of nitrogens with zero attached hydrogens (tertiary/aromatic N) is 5. The summed E-state index contributed by atoms with van der Waals surface area (Å²) in [6.07, 6.45) is 4.33. The van der Waals surface area contributed by atoms with Crippen LogP contribution in [-0.2, 0) is 22.7 Å². The fraction of sp³-hybridized carbons (Fsp3) is 0.419. The van der Waals surface area contributed by atoms with Crippen molar-refractivity contribution in [3.8, 4) is 5.75 Å². The first-order chi connectivity index (χ1) is 20.1. The van der Waals surface area contributed by atoms with Gasteiger partial charge in [-0.2, -0.15) is 0 Å². The zero-order valence-electron chi connectivity index (χ0n) is 24.8. The Labute approximate surface area is 249 Å². The number of carbonyl (C=O) groups is 2. The molecule has 4 aromatic rings.